The molecule has 0 unspecified atom stereocenters. The maximum atomic E-state index is 8.37. The zero-order chi connectivity index (χ0) is 20.5. The van der Waals surface area contributed by atoms with E-state index in [-0.39, 0.29) is 34.7 Å². The van der Waals surface area contributed by atoms with Gasteiger partial charge in [-0.15, -0.1) is 0 Å². The van der Waals surface area contributed by atoms with E-state index in [4.69, 9.17) is 12.3 Å². The molecule has 0 atom stereocenters. The minimum Gasteiger partial charge on any atom is -0.309 e. The third-order valence-electron chi connectivity index (χ3n) is 3.02. The van der Waals surface area contributed by atoms with E-state index in [1.54, 1.807) is 24.3 Å². The smallest absolute Gasteiger partial charge is 0.0645 e. The van der Waals surface area contributed by atoms with Crippen LogP contribution in [-0.4, -0.2) is 4.57 Å². The van der Waals surface area contributed by atoms with Gasteiger partial charge in [0, 0.05) is 16.5 Å². The fourth-order valence-corrected chi connectivity index (χ4v) is 2.26. The van der Waals surface area contributed by atoms with Gasteiger partial charge in [-0.05, 0) is 24.2 Å². The molecule has 4 rings (SSSR count). The van der Waals surface area contributed by atoms with E-state index >= 15 is 0 Å². The standard InChI is InChI=1S/C18H13N/c1-2-8-14(9-3-1)19-17-12-6-4-10-15(17)16-11-5-7-13-18(16)19/h1-13H/i1D,2D,3D,4D,6D,8D,9D,10D,12D. The lowest BCUT2D eigenvalue weighted by molar-refractivity contribution is 1.18. The van der Waals surface area contributed by atoms with Crippen molar-refractivity contribution in [2.75, 3.05) is 0 Å². The minimum atomic E-state index is -0.526. The average Bonchev–Trinajstić information content (AvgIpc) is 3.03. The quantitative estimate of drug-likeness (QED) is 0.459. The Morgan fingerprint density at radius 3 is 2.32 bits per heavy atom. The van der Waals surface area contributed by atoms with Crippen LogP contribution in [0, 0.1) is 0 Å². The van der Waals surface area contributed by atoms with Crippen molar-refractivity contribution in [2.45, 2.75) is 0 Å². The second-order valence-electron chi connectivity index (χ2n) is 4.05. The number of fused-ring (bicyclic) bond motifs is 3. The van der Waals surface area contributed by atoms with E-state index in [0.29, 0.717) is 10.9 Å². The second kappa shape index (κ2) is 3.99. The molecule has 90 valence electrons. The molecule has 0 aliphatic rings. The Morgan fingerprint density at radius 1 is 0.684 bits per heavy atom. The molecule has 0 amide bonds. The summed E-state index contributed by atoms with van der Waals surface area (Å²) in [6.07, 6.45) is 0. The van der Waals surface area contributed by atoms with Crippen LogP contribution in [0.4, 0.5) is 0 Å². The molecule has 0 bridgehead atoms. The normalized spacial score (nSPS) is 17.8. The van der Waals surface area contributed by atoms with E-state index in [1.807, 2.05) is 0 Å². The molecule has 4 aromatic rings. The van der Waals surface area contributed by atoms with Crippen molar-refractivity contribution in [3.05, 3.63) is 78.6 Å². The van der Waals surface area contributed by atoms with Crippen molar-refractivity contribution in [3.63, 3.8) is 0 Å². The predicted molar refractivity (Wildman–Crippen MR) is 80.8 cm³/mol. The third-order valence-corrected chi connectivity index (χ3v) is 3.02. The lowest BCUT2D eigenvalue weighted by Gasteiger charge is -2.06. The van der Waals surface area contributed by atoms with Gasteiger partial charge in [-0.25, -0.2) is 0 Å². The molecule has 0 aliphatic heterocycles. The first-order valence-electron chi connectivity index (χ1n) is 10.2. The van der Waals surface area contributed by atoms with Crippen LogP contribution >= 0.6 is 0 Å². The van der Waals surface area contributed by atoms with Crippen LogP contribution in [0.15, 0.2) is 78.6 Å². The number of hydrogen-bond acceptors (Lipinski definition) is 0. The number of aromatic nitrogens is 1. The number of hydrogen-bond donors (Lipinski definition) is 0. The number of nitrogens with zero attached hydrogens (tertiary/aromatic N) is 1. The first-order valence-corrected chi connectivity index (χ1v) is 5.75. The highest BCUT2D eigenvalue weighted by molar-refractivity contribution is 6.09. The maximum Gasteiger partial charge on any atom is 0.0645 e. The lowest BCUT2D eigenvalue weighted by atomic mass is 10.2. The minimum absolute atomic E-state index is 0.0748. The second-order valence-corrected chi connectivity index (χ2v) is 4.05. The SMILES string of the molecule is [2H]c1c([2H])c([2H])c(-n2c3ccccc3c3c([2H])c([2H])c([2H])c([2H])c32)c([2H])c1[2H]. The van der Waals surface area contributed by atoms with Gasteiger partial charge < -0.3 is 4.57 Å². The summed E-state index contributed by atoms with van der Waals surface area (Å²) in [7, 11) is 0. The third kappa shape index (κ3) is 1.48. The Bertz CT molecular complexity index is 1280. The fraction of sp³-hybridized carbons (Fsp3) is 0. The fourth-order valence-electron chi connectivity index (χ4n) is 2.26. The Morgan fingerprint density at radius 2 is 1.42 bits per heavy atom. The van der Waals surface area contributed by atoms with Gasteiger partial charge in [0.05, 0.1) is 23.4 Å². The van der Waals surface area contributed by atoms with Gasteiger partial charge in [0.15, 0.2) is 0 Å². The number of benzene rings is 3. The van der Waals surface area contributed by atoms with Crippen LogP contribution in [0.2, 0.25) is 0 Å². The summed E-state index contributed by atoms with van der Waals surface area (Å²) in [5.74, 6) is 0. The van der Waals surface area contributed by atoms with Crippen LogP contribution < -0.4 is 0 Å². The molecule has 0 fully saturated rings. The predicted octanol–water partition coefficient (Wildman–Crippen LogP) is 4.78. The molecule has 0 saturated carbocycles. The van der Waals surface area contributed by atoms with Crippen LogP contribution in [0.1, 0.15) is 12.3 Å². The highest BCUT2D eigenvalue weighted by atomic mass is 15.0. The molecular weight excluding hydrogens is 230 g/mol. The van der Waals surface area contributed by atoms with E-state index in [2.05, 4.69) is 0 Å². The van der Waals surface area contributed by atoms with Gasteiger partial charge in [-0.3, -0.25) is 0 Å². The van der Waals surface area contributed by atoms with Crippen molar-refractivity contribution < 1.29 is 12.3 Å². The molecule has 1 aromatic heterocycles. The summed E-state index contributed by atoms with van der Waals surface area (Å²) < 4.78 is 74.3. The molecule has 1 heteroatoms. The van der Waals surface area contributed by atoms with Gasteiger partial charge in [0.1, 0.15) is 0 Å². The van der Waals surface area contributed by atoms with E-state index < -0.39 is 36.3 Å². The van der Waals surface area contributed by atoms with E-state index in [1.165, 1.54) is 4.57 Å². The molecule has 0 saturated heterocycles. The summed E-state index contributed by atoms with van der Waals surface area (Å²) in [5.41, 5.74) is 0.357. The van der Waals surface area contributed by atoms with Gasteiger partial charge >= 0.3 is 0 Å². The monoisotopic (exact) mass is 252 g/mol. The zero-order valence-electron chi connectivity index (χ0n) is 18.8. The van der Waals surface area contributed by atoms with Gasteiger partial charge in [0.2, 0.25) is 0 Å². The van der Waals surface area contributed by atoms with Crippen molar-refractivity contribution in [1.29, 1.82) is 0 Å². The van der Waals surface area contributed by atoms with Gasteiger partial charge in [-0.1, -0.05) is 54.5 Å². The number of para-hydroxylation sites is 3. The first-order chi connectivity index (χ1) is 13.2. The molecule has 1 nitrogen and oxygen atoms in total. The van der Waals surface area contributed by atoms with Gasteiger partial charge in [-0.2, -0.15) is 0 Å². The van der Waals surface area contributed by atoms with Crippen molar-refractivity contribution in [1.82, 2.24) is 4.57 Å². The topological polar surface area (TPSA) is 4.93 Å². The van der Waals surface area contributed by atoms with Crippen molar-refractivity contribution in [2.24, 2.45) is 0 Å². The average molecular weight is 252 g/mol. The highest BCUT2D eigenvalue weighted by Gasteiger charge is 2.10. The molecule has 0 radical (unpaired) electrons. The van der Waals surface area contributed by atoms with Crippen molar-refractivity contribution in [3.8, 4) is 5.69 Å². The Kier molecular flexibility index (Phi) is 1.02. The lowest BCUT2D eigenvalue weighted by Crippen LogP contribution is -1.92. The number of rotatable bonds is 1. The molecule has 0 spiro atoms. The largest absolute Gasteiger partial charge is 0.309 e. The Balaban J connectivity index is 2.37. The van der Waals surface area contributed by atoms with Crippen molar-refractivity contribution >= 4 is 21.8 Å². The summed E-state index contributed by atoms with van der Waals surface area (Å²) in [6.45, 7) is 0. The van der Waals surface area contributed by atoms with Crippen LogP contribution in [-0.2, 0) is 0 Å². The Hall–Kier alpha value is -2.54. The molecular formula is C18H13N. The Labute approximate surface area is 124 Å². The highest BCUT2D eigenvalue weighted by Crippen LogP contribution is 2.31. The van der Waals surface area contributed by atoms with E-state index in [9.17, 15) is 0 Å². The molecule has 0 aliphatic carbocycles. The molecule has 1 heterocycles. The van der Waals surface area contributed by atoms with Gasteiger partial charge in [0.25, 0.3) is 0 Å². The summed E-state index contributed by atoms with van der Waals surface area (Å²) >= 11 is 0. The summed E-state index contributed by atoms with van der Waals surface area (Å²) in [5, 5.41) is 0.754. The molecule has 19 heavy (non-hydrogen) atoms. The van der Waals surface area contributed by atoms with Crippen LogP contribution in [0.3, 0.4) is 0 Å². The van der Waals surface area contributed by atoms with Crippen LogP contribution in [0.25, 0.3) is 27.5 Å². The van der Waals surface area contributed by atoms with Crippen LogP contribution in [0.5, 0.6) is 0 Å². The summed E-state index contributed by atoms with van der Waals surface area (Å²) in [6, 6.07) is 2.91. The van der Waals surface area contributed by atoms with E-state index in [0.717, 1.165) is 0 Å². The zero-order valence-corrected chi connectivity index (χ0v) is 9.76. The molecule has 3 aromatic carbocycles. The maximum absolute atomic E-state index is 8.37. The summed E-state index contributed by atoms with van der Waals surface area (Å²) in [4.78, 5) is 0. The first kappa shape index (κ1) is 4.86. The molecule has 0 N–H and O–H groups in total.